The maximum Gasteiger partial charge on any atom is 0.101 e. The molecule has 1 aromatic heterocycles. The average Bonchev–Trinajstić information content (AvgIpc) is 2.37. The monoisotopic (exact) mass is 305 g/mol. The number of hydrogen-bond donors (Lipinski definition) is 1. The SMILES string of the molecule is C=C(CC)CC(O)c1nc2ccccc2cc1Br. The van der Waals surface area contributed by atoms with Gasteiger partial charge in [-0.05, 0) is 40.9 Å². The first-order valence-corrected chi connectivity index (χ1v) is 6.81. The van der Waals surface area contributed by atoms with Crippen LogP contribution in [0.1, 0.15) is 31.6 Å². The molecule has 0 spiro atoms. The lowest BCUT2D eigenvalue weighted by Crippen LogP contribution is -2.03. The second-order valence-electron chi connectivity index (χ2n) is 4.37. The van der Waals surface area contributed by atoms with Gasteiger partial charge in [-0.15, -0.1) is 0 Å². The van der Waals surface area contributed by atoms with E-state index in [-0.39, 0.29) is 0 Å². The first-order valence-electron chi connectivity index (χ1n) is 6.01. The van der Waals surface area contributed by atoms with Crippen molar-refractivity contribution in [3.63, 3.8) is 0 Å². The van der Waals surface area contributed by atoms with Crippen molar-refractivity contribution in [3.05, 3.63) is 52.7 Å². The van der Waals surface area contributed by atoms with E-state index in [9.17, 15) is 5.11 Å². The van der Waals surface area contributed by atoms with E-state index in [1.54, 1.807) is 0 Å². The quantitative estimate of drug-likeness (QED) is 0.850. The molecule has 1 aromatic carbocycles. The standard InChI is InChI=1S/C15H16BrNO/c1-3-10(2)8-14(18)15-12(16)9-11-6-4-5-7-13(11)17-15/h4-7,9,14,18H,2-3,8H2,1H3. The lowest BCUT2D eigenvalue weighted by atomic mass is 10.0. The molecule has 0 aliphatic rings. The summed E-state index contributed by atoms with van der Waals surface area (Å²) in [5.41, 5.74) is 2.62. The third kappa shape index (κ3) is 2.79. The van der Waals surface area contributed by atoms with Crippen LogP contribution < -0.4 is 0 Å². The fourth-order valence-electron chi connectivity index (χ4n) is 1.85. The van der Waals surface area contributed by atoms with E-state index in [4.69, 9.17) is 0 Å². The molecule has 0 aliphatic carbocycles. The van der Waals surface area contributed by atoms with Crippen LogP contribution in [0.5, 0.6) is 0 Å². The molecule has 3 heteroatoms. The van der Waals surface area contributed by atoms with Gasteiger partial charge >= 0.3 is 0 Å². The van der Waals surface area contributed by atoms with Crippen molar-refractivity contribution in [2.45, 2.75) is 25.9 Å². The summed E-state index contributed by atoms with van der Waals surface area (Å²) in [6.07, 6.45) is 0.833. The van der Waals surface area contributed by atoms with Gasteiger partial charge < -0.3 is 5.11 Å². The number of hydrogen-bond acceptors (Lipinski definition) is 2. The van der Waals surface area contributed by atoms with Gasteiger partial charge in [0.1, 0.15) is 6.10 Å². The highest BCUT2D eigenvalue weighted by Crippen LogP contribution is 2.29. The molecule has 0 saturated carbocycles. The summed E-state index contributed by atoms with van der Waals surface area (Å²) in [5, 5.41) is 11.3. The molecule has 2 rings (SSSR count). The topological polar surface area (TPSA) is 33.1 Å². The maximum atomic E-state index is 10.2. The van der Waals surface area contributed by atoms with E-state index >= 15 is 0 Å². The number of nitrogens with zero attached hydrogens (tertiary/aromatic N) is 1. The number of fused-ring (bicyclic) bond motifs is 1. The summed E-state index contributed by atoms with van der Waals surface area (Å²) in [5.74, 6) is 0. The Morgan fingerprint density at radius 2 is 2.17 bits per heavy atom. The minimum Gasteiger partial charge on any atom is -0.386 e. The van der Waals surface area contributed by atoms with Gasteiger partial charge in [0.25, 0.3) is 0 Å². The van der Waals surface area contributed by atoms with Gasteiger partial charge in [-0.3, -0.25) is 0 Å². The molecule has 1 N–H and O–H groups in total. The Bertz CT molecular complexity index is 580. The fraction of sp³-hybridized carbons (Fsp3) is 0.267. The summed E-state index contributed by atoms with van der Waals surface area (Å²) in [7, 11) is 0. The average molecular weight is 306 g/mol. The molecular formula is C15H16BrNO. The smallest absolute Gasteiger partial charge is 0.101 e. The van der Waals surface area contributed by atoms with E-state index in [0.717, 1.165) is 27.4 Å². The number of aliphatic hydroxyl groups is 1. The van der Waals surface area contributed by atoms with Gasteiger partial charge in [-0.2, -0.15) is 0 Å². The lowest BCUT2D eigenvalue weighted by molar-refractivity contribution is 0.172. The highest BCUT2D eigenvalue weighted by molar-refractivity contribution is 9.10. The molecule has 0 saturated heterocycles. The molecular weight excluding hydrogens is 290 g/mol. The summed E-state index contributed by atoms with van der Waals surface area (Å²) in [6.45, 7) is 5.97. The number of halogens is 1. The minimum atomic E-state index is -0.601. The molecule has 18 heavy (non-hydrogen) atoms. The van der Waals surface area contributed by atoms with Crippen LogP contribution in [0.2, 0.25) is 0 Å². The zero-order chi connectivity index (χ0) is 13.1. The summed E-state index contributed by atoms with van der Waals surface area (Å²) in [6, 6.07) is 9.88. The van der Waals surface area contributed by atoms with Crippen LogP contribution in [0.15, 0.2) is 47.0 Å². The predicted molar refractivity (Wildman–Crippen MR) is 78.5 cm³/mol. The van der Waals surface area contributed by atoms with Gasteiger partial charge in [0.15, 0.2) is 0 Å². The Morgan fingerprint density at radius 3 is 2.89 bits per heavy atom. The van der Waals surface area contributed by atoms with Crippen molar-refractivity contribution in [1.82, 2.24) is 4.98 Å². The van der Waals surface area contributed by atoms with Crippen molar-refractivity contribution < 1.29 is 5.11 Å². The second kappa shape index (κ2) is 5.63. The van der Waals surface area contributed by atoms with Gasteiger partial charge in [0, 0.05) is 9.86 Å². The minimum absolute atomic E-state index is 0.556. The van der Waals surface area contributed by atoms with Crippen LogP contribution >= 0.6 is 15.9 Å². The van der Waals surface area contributed by atoms with Gasteiger partial charge in [0.2, 0.25) is 0 Å². The number of benzene rings is 1. The zero-order valence-electron chi connectivity index (χ0n) is 10.4. The Hall–Kier alpha value is -1.19. The maximum absolute atomic E-state index is 10.2. The van der Waals surface area contributed by atoms with E-state index in [1.165, 1.54) is 0 Å². The normalized spacial score (nSPS) is 12.6. The van der Waals surface area contributed by atoms with E-state index in [0.29, 0.717) is 12.1 Å². The van der Waals surface area contributed by atoms with Crippen LogP contribution in [0.4, 0.5) is 0 Å². The predicted octanol–water partition coefficient (Wildman–Crippen LogP) is 4.39. The molecule has 0 radical (unpaired) electrons. The molecule has 2 aromatic rings. The molecule has 0 amide bonds. The van der Waals surface area contributed by atoms with Crippen molar-refractivity contribution in [1.29, 1.82) is 0 Å². The van der Waals surface area contributed by atoms with Crippen LogP contribution in [0.25, 0.3) is 10.9 Å². The zero-order valence-corrected chi connectivity index (χ0v) is 11.9. The van der Waals surface area contributed by atoms with Crippen LogP contribution in [0, 0.1) is 0 Å². The molecule has 0 fully saturated rings. The van der Waals surface area contributed by atoms with Crippen LogP contribution in [0.3, 0.4) is 0 Å². The van der Waals surface area contributed by atoms with Gasteiger partial charge in [0.05, 0.1) is 11.2 Å². The molecule has 0 aliphatic heterocycles. The second-order valence-corrected chi connectivity index (χ2v) is 5.23. The van der Waals surface area contributed by atoms with Crippen molar-refractivity contribution in [2.24, 2.45) is 0 Å². The molecule has 1 unspecified atom stereocenters. The molecule has 94 valence electrons. The van der Waals surface area contributed by atoms with Crippen molar-refractivity contribution >= 4 is 26.8 Å². The van der Waals surface area contributed by atoms with Crippen molar-refractivity contribution in [2.75, 3.05) is 0 Å². The molecule has 1 atom stereocenters. The number of rotatable bonds is 4. The largest absolute Gasteiger partial charge is 0.386 e. The molecule has 2 nitrogen and oxygen atoms in total. The number of pyridine rings is 1. The van der Waals surface area contributed by atoms with E-state index in [2.05, 4.69) is 27.5 Å². The fourth-order valence-corrected chi connectivity index (χ4v) is 2.45. The number of aliphatic hydroxyl groups excluding tert-OH is 1. The number of aromatic nitrogens is 1. The summed E-state index contributed by atoms with van der Waals surface area (Å²) >= 11 is 3.48. The van der Waals surface area contributed by atoms with Gasteiger partial charge in [-0.25, -0.2) is 4.98 Å². The molecule has 1 heterocycles. The number of para-hydroxylation sites is 1. The van der Waals surface area contributed by atoms with E-state index in [1.807, 2.05) is 37.3 Å². The third-order valence-corrected chi connectivity index (χ3v) is 3.64. The lowest BCUT2D eigenvalue weighted by Gasteiger charge is -2.13. The van der Waals surface area contributed by atoms with Crippen molar-refractivity contribution in [3.8, 4) is 0 Å². The van der Waals surface area contributed by atoms with Gasteiger partial charge in [-0.1, -0.05) is 37.3 Å². The highest BCUT2D eigenvalue weighted by Gasteiger charge is 2.14. The molecule has 0 bridgehead atoms. The third-order valence-electron chi connectivity index (χ3n) is 3.00. The highest BCUT2D eigenvalue weighted by atomic mass is 79.9. The summed E-state index contributed by atoms with van der Waals surface area (Å²) in [4.78, 5) is 4.52. The first-order chi connectivity index (χ1) is 8.61. The Labute approximate surface area is 115 Å². The van der Waals surface area contributed by atoms with Crippen LogP contribution in [-0.2, 0) is 0 Å². The first kappa shape index (κ1) is 13.2. The Kier molecular flexibility index (Phi) is 4.15. The van der Waals surface area contributed by atoms with E-state index < -0.39 is 6.10 Å². The van der Waals surface area contributed by atoms with Crippen LogP contribution in [-0.4, -0.2) is 10.1 Å². The Balaban J connectivity index is 2.38. The summed E-state index contributed by atoms with van der Waals surface area (Å²) < 4.78 is 0.845. The Morgan fingerprint density at radius 1 is 1.44 bits per heavy atom.